The molecule has 5 heterocycles. The molecule has 1 saturated carbocycles. The minimum absolute atomic E-state index is 0.0234. The number of rotatable bonds is 3. The molecule has 1 amide bonds. The second kappa shape index (κ2) is 6.67. The van der Waals surface area contributed by atoms with Gasteiger partial charge in [-0.2, -0.15) is 13.2 Å². The van der Waals surface area contributed by atoms with E-state index in [-0.39, 0.29) is 46.4 Å². The van der Waals surface area contributed by atoms with E-state index in [0.29, 0.717) is 6.54 Å². The number of alkyl halides is 3. The van der Waals surface area contributed by atoms with E-state index >= 15 is 0 Å². The summed E-state index contributed by atoms with van der Waals surface area (Å²) in [6.45, 7) is 0.362. The molecule has 2 aliphatic heterocycles. The van der Waals surface area contributed by atoms with Crippen molar-refractivity contribution in [1.29, 1.82) is 0 Å². The number of hydrogen-bond donors (Lipinski definition) is 0. The molecule has 0 radical (unpaired) electrons. The van der Waals surface area contributed by atoms with E-state index in [1.165, 1.54) is 29.9 Å². The van der Waals surface area contributed by atoms with Gasteiger partial charge in [0.1, 0.15) is 5.76 Å². The fourth-order valence-corrected chi connectivity index (χ4v) is 5.44. The minimum atomic E-state index is -4.68. The van der Waals surface area contributed by atoms with Gasteiger partial charge in [-0.25, -0.2) is 9.37 Å². The van der Waals surface area contributed by atoms with Crippen molar-refractivity contribution in [2.45, 2.75) is 18.3 Å². The van der Waals surface area contributed by atoms with Crippen molar-refractivity contribution in [1.82, 2.24) is 19.4 Å². The van der Waals surface area contributed by atoms with Crippen LogP contribution in [0.5, 0.6) is 0 Å². The van der Waals surface area contributed by atoms with Crippen LogP contribution in [0, 0.1) is 17.7 Å². The van der Waals surface area contributed by atoms with Crippen molar-refractivity contribution in [2.75, 3.05) is 18.5 Å². The van der Waals surface area contributed by atoms with Crippen molar-refractivity contribution >= 4 is 11.9 Å². The number of furan rings is 1. The Morgan fingerprint density at radius 1 is 1.21 bits per heavy atom. The average molecular weight is 475 g/mol. The summed E-state index contributed by atoms with van der Waals surface area (Å²) in [4.78, 5) is 36.8. The van der Waals surface area contributed by atoms with Crippen LogP contribution in [-0.2, 0) is 13.2 Å². The smallest absolute Gasteiger partial charge is 0.449 e. The number of piperidine rings is 1. The van der Waals surface area contributed by atoms with Gasteiger partial charge in [0.15, 0.2) is 5.82 Å². The average Bonchev–Trinajstić information content (AvgIpc) is 3.07. The second-order valence-corrected chi connectivity index (χ2v) is 8.83. The Kier molecular flexibility index (Phi) is 4.10. The van der Waals surface area contributed by atoms with Gasteiger partial charge in [-0.05, 0) is 6.07 Å². The standard InChI is InChI=1S/C22H17F4N5O3/c1-29-15(32)6-13(9-3-4-27-7-12(9)23)28-21(29)30(2)17-11-8-31-18(16(11)17)19-10(20(31)33)5-14(34-19)22(24,25)26/h3-7,11,16-18H,8H2,1-2H3/t11-,16+,17+,18?/m0/s1. The first-order valence-electron chi connectivity index (χ1n) is 10.5. The second-order valence-electron chi connectivity index (χ2n) is 8.83. The zero-order chi connectivity index (χ0) is 24.1. The van der Waals surface area contributed by atoms with Gasteiger partial charge in [0, 0.05) is 62.4 Å². The number of nitrogens with zero attached hydrogens (tertiary/aromatic N) is 5. The largest absolute Gasteiger partial charge is 0.453 e. The predicted molar refractivity (Wildman–Crippen MR) is 109 cm³/mol. The van der Waals surface area contributed by atoms with E-state index in [2.05, 4.69) is 9.97 Å². The number of carbonyl (C=O) groups excluding carboxylic acids is 1. The highest BCUT2D eigenvalue weighted by Gasteiger charge is 2.68. The normalized spacial score (nSPS) is 24.8. The molecule has 176 valence electrons. The summed E-state index contributed by atoms with van der Waals surface area (Å²) in [5.74, 6) is -2.15. The number of amides is 1. The predicted octanol–water partition coefficient (Wildman–Crippen LogP) is 2.85. The van der Waals surface area contributed by atoms with E-state index in [0.717, 1.165) is 12.3 Å². The first-order valence-corrected chi connectivity index (χ1v) is 10.5. The Morgan fingerprint density at radius 2 is 1.97 bits per heavy atom. The lowest BCUT2D eigenvalue weighted by atomic mass is 10.1. The van der Waals surface area contributed by atoms with Crippen molar-refractivity contribution in [3.05, 3.63) is 63.8 Å². The molecule has 0 aromatic carbocycles. The Hall–Kier alpha value is -3.70. The van der Waals surface area contributed by atoms with Crippen LogP contribution in [0.4, 0.5) is 23.5 Å². The van der Waals surface area contributed by atoms with Crippen molar-refractivity contribution in [2.24, 2.45) is 18.9 Å². The monoisotopic (exact) mass is 475 g/mol. The molecule has 8 nitrogen and oxygen atoms in total. The molecular weight excluding hydrogens is 458 g/mol. The summed E-state index contributed by atoms with van der Waals surface area (Å²) < 4.78 is 60.1. The molecule has 3 aromatic heterocycles. The number of aromatic nitrogens is 3. The summed E-state index contributed by atoms with van der Waals surface area (Å²) in [7, 11) is 3.26. The third-order valence-corrected chi connectivity index (χ3v) is 7.02. The number of anilines is 1. The van der Waals surface area contributed by atoms with Crippen LogP contribution in [0.3, 0.4) is 0 Å². The molecule has 12 heteroatoms. The molecule has 1 unspecified atom stereocenters. The van der Waals surface area contributed by atoms with Gasteiger partial charge in [-0.3, -0.25) is 19.1 Å². The van der Waals surface area contributed by atoms with Crippen LogP contribution in [0.1, 0.15) is 27.9 Å². The van der Waals surface area contributed by atoms with Gasteiger partial charge in [-0.15, -0.1) is 0 Å². The minimum Gasteiger partial charge on any atom is -0.453 e. The number of fused-ring (bicyclic) bond motifs is 5. The number of pyridine rings is 1. The first kappa shape index (κ1) is 20.9. The lowest BCUT2D eigenvalue weighted by Gasteiger charge is -2.27. The fourth-order valence-electron chi connectivity index (χ4n) is 5.44. The van der Waals surface area contributed by atoms with Gasteiger partial charge in [0.2, 0.25) is 11.7 Å². The molecule has 3 aliphatic rings. The maximum absolute atomic E-state index is 14.3. The van der Waals surface area contributed by atoms with E-state index in [9.17, 15) is 27.2 Å². The molecule has 6 rings (SSSR count). The summed E-state index contributed by atoms with van der Waals surface area (Å²) >= 11 is 0. The van der Waals surface area contributed by atoms with Gasteiger partial charge < -0.3 is 14.2 Å². The highest BCUT2D eigenvalue weighted by molar-refractivity contribution is 5.99. The molecule has 2 fully saturated rings. The van der Waals surface area contributed by atoms with E-state index in [4.69, 9.17) is 4.42 Å². The molecule has 1 saturated heterocycles. The van der Waals surface area contributed by atoms with Gasteiger partial charge in [0.05, 0.1) is 23.5 Å². The molecule has 3 aromatic rings. The highest BCUT2D eigenvalue weighted by atomic mass is 19.4. The van der Waals surface area contributed by atoms with Crippen molar-refractivity contribution in [3.8, 4) is 11.3 Å². The SMILES string of the molecule is CN(c1nc(-c2ccncc2F)cc(=O)n1C)[C@@H]1[C@H]2CN3C(=O)c4cc(C(F)(F)F)oc4C3[C@H]21. The van der Waals surface area contributed by atoms with Gasteiger partial charge in [-0.1, -0.05) is 0 Å². The lowest BCUT2D eigenvalue weighted by Crippen LogP contribution is -2.37. The van der Waals surface area contributed by atoms with Crippen LogP contribution in [0.15, 0.2) is 39.8 Å². The third-order valence-electron chi connectivity index (χ3n) is 7.02. The molecule has 34 heavy (non-hydrogen) atoms. The Morgan fingerprint density at radius 3 is 2.68 bits per heavy atom. The maximum atomic E-state index is 14.3. The van der Waals surface area contributed by atoms with Gasteiger partial charge >= 0.3 is 6.18 Å². The van der Waals surface area contributed by atoms with Crippen LogP contribution in [0.25, 0.3) is 11.3 Å². The van der Waals surface area contributed by atoms with E-state index < -0.39 is 35.3 Å². The summed E-state index contributed by atoms with van der Waals surface area (Å²) in [6, 6.07) is 2.63. The zero-order valence-corrected chi connectivity index (χ0v) is 17.9. The maximum Gasteiger partial charge on any atom is 0.449 e. The summed E-state index contributed by atoms with van der Waals surface area (Å²) in [6.07, 6.45) is -2.25. The Labute approximate surface area is 189 Å². The highest BCUT2D eigenvalue weighted by Crippen LogP contribution is 2.62. The van der Waals surface area contributed by atoms with Crippen molar-refractivity contribution in [3.63, 3.8) is 0 Å². The molecule has 4 atom stereocenters. The molecule has 0 spiro atoms. The Balaban J connectivity index is 1.34. The summed E-state index contributed by atoms with van der Waals surface area (Å²) in [5.41, 5.74) is -0.165. The van der Waals surface area contributed by atoms with Crippen LogP contribution < -0.4 is 10.5 Å². The van der Waals surface area contributed by atoms with Gasteiger partial charge in [0.25, 0.3) is 11.5 Å². The van der Waals surface area contributed by atoms with Crippen LogP contribution in [-0.4, -0.2) is 45.0 Å². The fraction of sp³-hybridized carbons (Fsp3) is 0.364. The lowest BCUT2D eigenvalue weighted by molar-refractivity contribution is -0.153. The van der Waals surface area contributed by atoms with Crippen LogP contribution >= 0.6 is 0 Å². The number of hydrogen-bond acceptors (Lipinski definition) is 6. The summed E-state index contributed by atoms with van der Waals surface area (Å²) in [5, 5.41) is 0. The van der Waals surface area contributed by atoms with Crippen LogP contribution in [0.2, 0.25) is 0 Å². The third kappa shape index (κ3) is 2.77. The zero-order valence-electron chi connectivity index (χ0n) is 17.9. The molecule has 0 bridgehead atoms. The molecular formula is C22H17F4N5O3. The Bertz CT molecular complexity index is 1410. The van der Waals surface area contributed by atoms with E-state index in [1.54, 1.807) is 16.8 Å². The number of halogens is 4. The quantitative estimate of drug-likeness (QED) is 0.542. The van der Waals surface area contributed by atoms with E-state index in [1.807, 2.05) is 0 Å². The van der Waals surface area contributed by atoms with Crippen molar-refractivity contribution < 1.29 is 26.8 Å². The topological polar surface area (TPSA) is 84.5 Å². The molecule has 1 aliphatic carbocycles. The first-order chi connectivity index (χ1) is 16.1. The molecule has 0 N–H and O–H groups in total. The number of carbonyl (C=O) groups is 1.